The first-order valence-electron chi connectivity index (χ1n) is 24.4. The second-order valence-corrected chi connectivity index (χ2v) is 30.7. The van der Waals surface area contributed by atoms with Gasteiger partial charge in [0, 0.05) is 22.3 Å². The van der Waals surface area contributed by atoms with Crippen LogP contribution in [0.25, 0.3) is 10.4 Å². The predicted molar refractivity (Wildman–Crippen MR) is 248 cm³/mol. The topological polar surface area (TPSA) is 171 Å². The number of ether oxygens (including phenoxy) is 8. The van der Waals surface area contributed by atoms with Crippen molar-refractivity contribution in [3.05, 3.63) is 76.2 Å². The van der Waals surface area contributed by atoms with Crippen LogP contribution in [0.15, 0.2) is 59.7 Å². The van der Waals surface area contributed by atoms with Gasteiger partial charge in [-0.1, -0.05) is 124 Å². The second-order valence-electron chi connectivity index (χ2n) is 21.9. The highest BCUT2D eigenvalue weighted by Gasteiger charge is 2.77. The van der Waals surface area contributed by atoms with E-state index in [4.69, 9.17) is 50.9 Å². The summed E-state index contributed by atoms with van der Waals surface area (Å²) in [5.74, 6) is 0.119. The van der Waals surface area contributed by atoms with Gasteiger partial charge >= 0.3 is 17.1 Å². The van der Waals surface area contributed by atoms with E-state index in [0.717, 1.165) is 29.7 Å². The Morgan fingerprint density at radius 2 is 1.44 bits per heavy atom. The largest absolute Gasteiger partial charge is 0.497 e. The number of aliphatic hydroxyl groups is 1. The van der Waals surface area contributed by atoms with Crippen LogP contribution in [-0.2, 0) is 52.7 Å². The van der Waals surface area contributed by atoms with Gasteiger partial charge in [0.05, 0.1) is 20.3 Å². The molecule has 1 unspecified atom stereocenters. The third kappa shape index (κ3) is 7.67. The molecule has 2 aromatic carbocycles. The molecule has 15 atom stereocenters. The molecule has 2 aromatic rings. The zero-order chi connectivity index (χ0) is 47.1. The van der Waals surface area contributed by atoms with Crippen molar-refractivity contribution < 1.29 is 56.0 Å². The number of methoxy groups -OCH3 is 1. The number of fused-ring (bicyclic) bond motifs is 7. The smallest absolute Gasteiger partial charge is 0.335 e. The van der Waals surface area contributed by atoms with Gasteiger partial charge in [0.2, 0.25) is 0 Å². The van der Waals surface area contributed by atoms with Gasteiger partial charge in [-0.25, -0.2) is 0 Å². The third-order valence-electron chi connectivity index (χ3n) is 17.0. The Balaban J connectivity index is 1.12. The highest BCUT2D eigenvalue weighted by Crippen LogP contribution is 2.73. The van der Waals surface area contributed by atoms with Gasteiger partial charge < -0.3 is 56.0 Å². The van der Waals surface area contributed by atoms with Gasteiger partial charge in [-0.05, 0) is 69.6 Å². The minimum atomic E-state index is -3.19. The predicted octanol–water partition coefficient (Wildman–Crippen LogP) is 9.51. The van der Waals surface area contributed by atoms with Crippen LogP contribution in [0, 0.1) is 16.7 Å². The van der Waals surface area contributed by atoms with Crippen molar-refractivity contribution in [1.82, 2.24) is 0 Å². The molecule has 0 radical (unpaired) electrons. The van der Waals surface area contributed by atoms with Crippen LogP contribution in [-0.4, -0.2) is 109 Å². The van der Waals surface area contributed by atoms with Crippen LogP contribution in [0.1, 0.15) is 113 Å². The molecule has 17 heteroatoms. The summed E-state index contributed by atoms with van der Waals surface area (Å²) in [5.41, 5.74) is 11.7. The van der Waals surface area contributed by atoms with E-state index in [1.807, 2.05) is 54.6 Å². The van der Waals surface area contributed by atoms with E-state index in [1.165, 1.54) is 0 Å². The Morgan fingerprint density at radius 3 is 2.02 bits per heavy atom. The average Bonchev–Trinajstić information content (AvgIpc) is 3.76. The average molecular weight is 952 g/mol. The van der Waals surface area contributed by atoms with Crippen LogP contribution in [0.5, 0.6) is 5.75 Å². The molecule has 1 N–H and O–H groups in total. The first-order valence-corrected chi connectivity index (χ1v) is 28.3. The van der Waals surface area contributed by atoms with E-state index in [2.05, 4.69) is 86.2 Å². The number of rotatable bonds is 12. The molecule has 7 aliphatic rings. The minimum absolute atomic E-state index is 0.0217. The maximum atomic E-state index is 13.2. The molecule has 0 amide bonds. The SMILES string of the molecule is COc1ccc(CO[C@@H]2[C@@H](N=[N+]=[N-])[C@@H](O[C@@H]3[C@@H](O)[C@@H]4O[Si](C(C)C)(C(C)C)O[Si](C(C)C)(C(C)C)O[C@H]4[C@H]4OC5(C[C@@H]6CC[C@@]5(C)C6(C)C)O[C@H]43)O[C@@H]3CO[C@@H](c4ccccc4)O[C@@H]23)cc1. The van der Waals surface area contributed by atoms with Crippen molar-refractivity contribution in [2.45, 2.75) is 204 Å². The molecular weight excluding hydrogens is 879 g/mol. The van der Waals surface area contributed by atoms with Crippen molar-refractivity contribution in [2.75, 3.05) is 13.7 Å². The molecule has 1 spiro atoms. The third-order valence-corrected chi connectivity index (χ3v) is 27.3. The lowest BCUT2D eigenvalue weighted by Crippen LogP contribution is -2.69. The van der Waals surface area contributed by atoms with E-state index in [9.17, 15) is 10.6 Å². The molecule has 7 fully saturated rings. The highest BCUT2D eigenvalue weighted by molar-refractivity contribution is 6.84. The normalized spacial score (nSPS) is 40.8. The molecule has 364 valence electrons. The Morgan fingerprint density at radius 1 is 0.803 bits per heavy atom. The summed E-state index contributed by atoms with van der Waals surface area (Å²) in [6.45, 7) is 24.7. The van der Waals surface area contributed by atoms with Gasteiger partial charge in [0.1, 0.15) is 66.7 Å². The maximum absolute atomic E-state index is 13.2. The first-order chi connectivity index (χ1) is 31.3. The summed E-state index contributed by atoms with van der Waals surface area (Å²) in [6.07, 6.45) is -7.00. The van der Waals surface area contributed by atoms with Crippen molar-refractivity contribution in [3.8, 4) is 5.75 Å². The fourth-order valence-electron chi connectivity index (χ4n) is 12.8. The summed E-state index contributed by atoms with van der Waals surface area (Å²) in [5, 5.41) is 17.5. The van der Waals surface area contributed by atoms with Crippen LogP contribution in [0.3, 0.4) is 0 Å². The lowest BCUT2D eigenvalue weighted by molar-refractivity contribution is -0.361. The summed E-state index contributed by atoms with van der Waals surface area (Å²) in [6, 6.07) is 16.2. The Bertz CT molecular complexity index is 2060. The van der Waals surface area contributed by atoms with Gasteiger partial charge in [-0.2, -0.15) is 0 Å². The van der Waals surface area contributed by atoms with Gasteiger partial charge in [-0.3, -0.25) is 0 Å². The summed E-state index contributed by atoms with van der Waals surface area (Å²) in [4.78, 5) is 3.34. The Labute approximate surface area is 392 Å². The standard InChI is InChI=1S/C49H73N3O12Si2/c1-27(2)65(28(3)4)62-41-37(53)40(42-43(44(41)63-66(64-65,29(5)6)30(7)8)61-49(60-42)24-33-22-23-48(49,11)47(33,9)10)59-46-36(51-52-50)39(55-25-31-18-20-34(54-12)21-19-31)38-35(57-46)26-56-45(58-38)32-16-14-13-15-17-32/h13-21,27-30,33,35-46,53H,22-26H2,1-12H3/t33-,35+,36+,37+,38+,39+,40+,41-,42-,43-,44+,45+,46+,48-,49?/m0/s1. The molecule has 2 bridgehead atoms. The molecule has 0 aromatic heterocycles. The first kappa shape index (κ1) is 48.6. The van der Waals surface area contributed by atoms with Crippen molar-refractivity contribution in [1.29, 1.82) is 0 Å². The zero-order valence-electron chi connectivity index (χ0n) is 40.8. The van der Waals surface area contributed by atoms with Gasteiger partial charge in [0.25, 0.3) is 0 Å². The quantitative estimate of drug-likeness (QED) is 0.0927. The molecule has 3 aliphatic carbocycles. The number of benzene rings is 2. The zero-order valence-corrected chi connectivity index (χ0v) is 42.8. The van der Waals surface area contributed by atoms with E-state index in [-0.39, 0.29) is 46.2 Å². The molecule has 66 heavy (non-hydrogen) atoms. The van der Waals surface area contributed by atoms with Crippen molar-refractivity contribution in [3.63, 3.8) is 0 Å². The van der Waals surface area contributed by atoms with E-state index >= 15 is 0 Å². The Kier molecular flexibility index (Phi) is 13.3. The molecule has 4 aliphatic heterocycles. The number of hydrogen-bond acceptors (Lipinski definition) is 13. The van der Waals surface area contributed by atoms with Crippen LogP contribution in [0.2, 0.25) is 22.2 Å². The lowest BCUT2D eigenvalue weighted by Gasteiger charge is -2.51. The summed E-state index contributed by atoms with van der Waals surface area (Å²) >= 11 is 0. The molecule has 4 heterocycles. The van der Waals surface area contributed by atoms with Gasteiger partial charge in [0.15, 0.2) is 18.4 Å². The summed E-state index contributed by atoms with van der Waals surface area (Å²) < 4.78 is 76.9. The number of azide groups is 1. The highest BCUT2D eigenvalue weighted by atomic mass is 28.5. The minimum Gasteiger partial charge on any atom is -0.497 e. The molecule has 15 nitrogen and oxygen atoms in total. The van der Waals surface area contributed by atoms with Gasteiger partial charge in [-0.15, -0.1) is 0 Å². The molecule has 9 rings (SSSR count). The lowest BCUT2D eigenvalue weighted by atomic mass is 9.68. The number of aliphatic hydroxyl groups excluding tert-OH is 1. The van der Waals surface area contributed by atoms with Crippen LogP contribution >= 0.6 is 0 Å². The van der Waals surface area contributed by atoms with Crippen LogP contribution in [0.4, 0.5) is 0 Å². The number of nitrogens with zero attached hydrogens (tertiary/aromatic N) is 3. The molecule has 3 saturated carbocycles. The summed E-state index contributed by atoms with van der Waals surface area (Å²) in [7, 11) is -4.70. The Hall–Kier alpha value is -2.46. The van der Waals surface area contributed by atoms with E-state index in [0.29, 0.717) is 12.3 Å². The van der Waals surface area contributed by atoms with E-state index < -0.39 is 96.5 Å². The molecular formula is C49H73N3O12Si2. The van der Waals surface area contributed by atoms with Crippen LogP contribution < -0.4 is 4.74 Å². The number of hydrogen-bond donors (Lipinski definition) is 1. The fourth-order valence-corrected chi connectivity index (χ4v) is 24.1. The van der Waals surface area contributed by atoms with Crippen molar-refractivity contribution >= 4 is 17.1 Å². The second kappa shape index (κ2) is 18.1. The van der Waals surface area contributed by atoms with E-state index in [1.54, 1.807) is 7.11 Å². The molecule has 4 saturated heterocycles. The fraction of sp³-hybridized carbons (Fsp3) is 0.755. The monoisotopic (exact) mass is 951 g/mol. The maximum Gasteiger partial charge on any atom is 0.335 e. The van der Waals surface area contributed by atoms with Crippen molar-refractivity contribution in [2.24, 2.45) is 21.9 Å².